The van der Waals surface area contributed by atoms with Crippen molar-refractivity contribution in [2.24, 2.45) is 0 Å². The van der Waals surface area contributed by atoms with E-state index in [1.54, 1.807) is 12.3 Å². The highest BCUT2D eigenvalue weighted by Gasteiger charge is 2.15. The lowest BCUT2D eigenvalue weighted by Gasteiger charge is -2.13. The number of carbonyl (C=O) groups is 1. The number of pyridine rings is 1. The Bertz CT molecular complexity index is 730. The molecule has 0 radical (unpaired) electrons. The van der Waals surface area contributed by atoms with Gasteiger partial charge in [-0.15, -0.1) is 0 Å². The molecule has 1 aliphatic heterocycles. The van der Waals surface area contributed by atoms with Gasteiger partial charge in [0.1, 0.15) is 5.69 Å². The first-order chi connectivity index (χ1) is 11.6. The molecule has 1 amide bonds. The van der Waals surface area contributed by atoms with Gasteiger partial charge in [0.25, 0.3) is 5.91 Å². The van der Waals surface area contributed by atoms with Crippen molar-refractivity contribution in [2.75, 3.05) is 23.8 Å². The third-order valence-electron chi connectivity index (χ3n) is 3.99. The zero-order chi connectivity index (χ0) is 16.9. The Kier molecular flexibility index (Phi) is 5.48. The molecule has 1 aliphatic rings. The summed E-state index contributed by atoms with van der Waals surface area (Å²) >= 11 is 3.42. The minimum absolute atomic E-state index is 0.221. The van der Waals surface area contributed by atoms with Crippen LogP contribution in [0.3, 0.4) is 0 Å². The first kappa shape index (κ1) is 16.9. The normalized spacial score (nSPS) is 16.8. The summed E-state index contributed by atoms with van der Waals surface area (Å²) in [6.45, 7) is 3.53. The van der Waals surface area contributed by atoms with E-state index < -0.39 is 0 Å². The molecule has 6 heteroatoms. The number of nitrogens with one attached hydrogen (secondary N) is 2. The lowest BCUT2D eigenvalue weighted by molar-refractivity contribution is 0.102. The fourth-order valence-corrected chi connectivity index (χ4v) is 3.13. The van der Waals surface area contributed by atoms with Crippen molar-refractivity contribution in [3.8, 4) is 0 Å². The van der Waals surface area contributed by atoms with E-state index in [9.17, 15) is 4.79 Å². The summed E-state index contributed by atoms with van der Waals surface area (Å²) in [6.07, 6.45) is 4.08. The number of rotatable bonds is 5. The topological polar surface area (TPSA) is 63.2 Å². The number of amides is 1. The zero-order valence-corrected chi connectivity index (χ0v) is 15.1. The van der Waals surface area contributed by atoms with Gasteiger partial charge in [-0.2, -0.15) is 0 Å². The van der Waals surface area contributed by atoms with Gasteiger partial charge >= 0.3 is 0 Å². The number of benzene rings is 1. The molecule has 1 fully saturated rings. The van der Waals surface area contributed by atoms with Gasteiger partial charge in [-0.05, 0) is 55.7 Å². The molecule has 0 aliphatic carbocycles. The largest absolute Gasteiger partial charge is 0.382 e. The molecular weight excluding hydrogens is 370 g/mol. The maximum absolute atomic E-state index is 12.4. The second kappa shape index (κ2) is 7.77. The number of nitrogens with zero attached hydrogens (tertiary/aromatic N) is 1. The summed E-state index contributed by atoms with van der Waals surface area (Å²) in [7, 11) is 0. The molecule has 2 aromatic rings. The minimum atomic E-state index is -0.221. The van der Waals surface area contributed by atoms with Crippen molar-refractivity contribution < 1.29 is 9.53 Å². The predicted octanol–water partition coefficient (Wildman–Crippen LogP) is 4.00. The van der Waals surface area contributed by atoms with Crippen LogP contribution in [0, 0.1) is 6.92 Å². The molecule has 3 rings (SSSR count). The molecule has 2 N–H and O–H groups in total. The second-order valence-corrected chi connectivity index (χ2v) is 6.77. The lowest BCUT2D eigenvalue weighted by atomic mass is 10.2. The summed E-state index contributed by atoms with van der Waals surface area (Å²) in [4.78, 5) is 16.6. The Labute approximate surface area is 149 Å². The summed E-state index contributed by atoms with van der Waals surface area (Å²) in [5, 5.41) is 6.22. The van der Waals surface area contributed by atoms with Crippen molar-refractivity contribution >= 4 is 33.2 Å². The second-order valence-electron chi connectivity index (χ2n) is 5.86. The fourth-order valence-electron chi connectivity index (χ4n) is 2.66. The van der Waals surface area contributed by atoms with E-state index in [4.69, 9.17) is 4.74 Å². The van der Waals surface area contributed by atoms with E-state index in [1.807, 2.05) is 31.2 Å². The number of ether oxygens (including phenoxy) is 1. The van der Waals surface area contributed by atoms with E-state index in [-0.39, 0.29) is 12.0 Å². The molecule has 1 aromatic heterocycles. The molecule has 126 valence electrons. The Morgan fingerprint density at radius 1 is 1.38 bits per heavy atom. The SMILES string of the molecule is Cc1cc(Br)ccc1NC(=O)c1cc(NCC2CCCO2)ccn1. The molecule has 5 nitrogen and oxygen atoms in total. The highest BCUT2D eigenvalue weighted by Crippen LogP contribution is 2.21. The molecule has 1 atom stereocenters. The summed E-state index contributed by atoms with van der Waals surface area (Å²) < 4.78 is 6.58. The monoisotopic (exact) mass is 389 g/mol. The number of aromatic nitrogens is 1. The van der Waals surface area contributed by atoms with Gasteiger partial charge in [-0.3, -0.25) is 9.78 Å². The predicted molar refractivity (Wildman–Crippen MR) is 98.5 cm³/mol. The molecule has 0 saturated carbocycles. The Balaban J connectivity index is 1.65. The molecule has 1 aromatic carbocycles. The third kappa shape index (κ3) is 4.33. The van der Waals surface area contributed by atoms with Crippen LogP contribution < -0.4 is 10.6 Å². The maximum Gasteiger partial charge on any atom is 0.274 e. The number of carbonyl (C=O) groups excluding carboxylic acids is 1. The van der Waals surface area contributed by atoms with Crippen LogP contribution >= 0.6 is 15.9 Å². The van der Waals surface area contributed by atoms with Gasteiger partial charge in [0.05, 0.1) is 6.10 Å². The highest BCUT2D eigenvalue weighted by molar-refractivity contribution is 9.10. The first-order valence-corrected chi connectivity index (χ1v) is 8.80. The number of anilines is 2. The average molecular weight is 390 g/mol. The summed E-state index contributed by atoms with van der Waals surface area (Å²) in [6, 6.07) is 9.35. The van der Waals surface area contributed by atoms with Crippen molar-refractivity contribution in [3.05, 3.63) is 52.3 Å². The first-order valence-electron chi connectivity index (χ1n) is 8.01. The quantitative estimate of drug-likeness (QED) is 0.810. The van der Waals surface area contributed by atoms with E-state index in [2.05, 4.69) is 31.5 Å². The zero-order valence-electron chi connectivity index (χ0n) is 13.5. The van der Waals surface area contributed by atoms with Crippen LogP contribution in [0.1, 0.15) is 28.9 Å². The van der Waals surface area contributed by atoms with Gasteiger partial charge in [0, 0.05) is 35.2 Å². The van der Waals surface area contributed by atoms with Crippen LogP contribution in [0.4, 0.5) is 11.4 Å². The Hall–Kier alpha value is -1.92. The van der Waals surface area contributed by atoms with Crippen molar-refractivity contribution in [1.29, 1.82) is 0 Å². The third-order valence-corrected chi connectivity index (χ3v) is 4.48. The Morgan fingerprint density at radius 2 is 2.25 bits per heavy atom. The lowest BCUT2D eigenvalue weighted by Crippen LogP contribution is -2.19. The summed E-state index contributed by atoms with van der Waals surface area (Å²) in [5.41, 5.74) is 3.03. The van der Waals surface area contributed by atoms with Gasteiger partial charge in [-0.25, -0.2) is 0 Å². The summed E-state index contributed by atoms with van der Waals surface area (Å²) in [5.74, 6) is -0.221. The van der Waals surface area contributed by atoms with Crippen molar-refractivity contribution in [3.63, 3.8) is 0 Å². The van der Waals surface area contributed by atoms with Crippen LogP contribution in [0.15, 0.2) is 41.0 Å². The number of hydrogen-bond donors (Lipinski definition) is 2. The van der Waals surface area contributed by atoms with Gasteiger partial charge in [0.15, 0.2) is 0 Å². The number of halogens is 1. The van der Waals surface area contributed by atoms with E-state index in [0.29, 0.717) is 5.69 Å². The smallest absolute Gasteiger partial charge is 0.274 e. The van der Waals surface area contributed by atoms with E-state index in [1.165, 1.54) is 0 Å². The van der Waals surface area contributed by atoms with E-state index in [0.717, 1.165) is 47.4 Å². The minimum Gasteiger partial charge on any atom is -0.382 e. The molecule has 2 heterocycles. The van der Waals surface area contributed by atoms with Gasteiger partial charge < -0.3 is 15.4 Å². The molecule has 0 spiro atoms. The molecule has 24 heavy (non-hydrogen) atoms. The maximum atomic E-state index is 12.4. The number of hydrogen-bond acceptors (Lipinski definition) is 4. The van der Waals surface area contributed by atoms with Crippen molar-refractivity contribution in [1.82, 2.24) is 4.98 Å². The standard InChI is InChI=1S/C18H20BrN3O2/c1-12-9-13(19)4-5-16(12)22-18(23)17-10-14(6-7-20-17)21-11-15-3-2-8-24-15/h4-7,9-10,15H,2-3,8,11H2,1H3,(H,20,21)(H,22,23). The van der Waals surface area contributed by atoms with Gasteiger partial charge in [-0.1, -0.05) is 15.9 Å². The molecule has 1 saturated heterocycles. The fraction of sp³-hybridized carbons (Fsp3) is 0.333. The van der Waals surface area contributed by atoms with E-state index >= 15 is 0 Å². The number of aryl methyl sites for hydroxylation is 1. The van der Waals surface area contributed by atoms with Crippen LogP contribution in [0.25, 0.3) is 0 Å². The highest BCUT2D eigenvalue weighted by atomic mass is 79.9. The molecule has 0 bridgehead atoms. The molecular formula is C18H20BrN3O2. The van der Waals surface area contributed by atoms with Crippen LogP contribution in [-0.4, -0.2) is 30.1 Å². The van der Waals surface area contributed by atoms with Gasteiger partial charge in [0.2, 0.25) is 0 Å². The Morgan fingerprint density at radius 3 is 3.00 bits per heavy atom. The average Bonchev–Trinajstić information content (AvgIpc) is 3.09. The van der Waals surface area contributed by atoms with Crippen LogP contribution in [0.5, 0.6) is 0 Å². The van der Waals surface area contributed by atoms with Crippen LogP contribution in [0.2, 0.25) is 0 Å². The molecule has 1 unspecified atom stereocenters. The van der Waals surface area contributed by atoms with Crippen LogP contribution in [-0.2, 0) is 4.74 Å². The van der Waals surface area contributed by atoms with Crippen molar-refractivity contribution in [2.45, 2.75) is 25.9 Å².